The fourth-order valence-electron chi connectivity index (χ4n) is 2.05. The third-order valence-corrected chi connectivity index (χ3v) is 3.15. The lowest BCUT2D eigenvalue weighted by Gasteiger charge is -2.27. The molecule has 0 aromatic heterocycles. The summed E-state index contributed by atoms with van der Waals surface area (Å²) >= 11 is 0. The molecule has 0 amide bonds. The Balaban J connectivity index is 2.59. The molecular formula is C11H24N4. The van der Waals surface area contributed by atoms with Gasteiger partial charge in [0.05, 0.1) is 0 Å². The van der Waals surface area contributed by atoms with Gasteiger partial charge in [0.25, 0.3) is 0 Å². The topological polar surface area (TPSA) is 53.6 Å². The molecule has 0 spiro atoms. The van der Waals surface area contributed by atoms with Crippen molar-refractivity contribution in [2.24, 2.45) is 22.2 Å². The standard InChI is InChI=1S/C11H24N4/c1-5-13-10(14-12)15-7-6-9(8-15)11(2,3)4/h9H,5-8,12H2,1-4H3,(H,13,14). The highest BCUT2D eigenvalue weighted by Gasteiger charge is 2.32. The highest BCUT2D eigenvalue weighted by atomic mass is 15.4. The third kappa shape index (κ3) is 3.09. The molecule has 0 bridgehead atoms. The molecule has 1 heterocycles. The molecule has 4 heteroatoms. The first-order chi connectivity index (χ1) is 6.99. The molecule has 15 heavy (non-hydrogen) atoms. The molecule has 1 fully saturated rings. The van der Waals surface area contributed by atoms with Crippen LogP contribution in [0.15, 0.2) is 4.99 Å². The van der Waals surface area contributed by atoms with Gasteiger partial charge < -0.3 is 4.90 Å². The van der Waals surface area contributed by atoms with E-state index in [0.29, 0.717) is 5.41 Å². The van der Waals surface area contributed by atoms with Crippen LogP contribution in [0, 0.1) is 11.3 Å². The summed E-state index contributed by atoms with van der Waals surface area (Å²) in [7, 11) is 0. The number of aliphatic imine (C=N–C) groups is 1. The van der Waals surface area contributed by atoms with Crippen molar-refractivity contribution in [3.05, 3.63) is 0 Å². The molecule has 1 atom stereocenters. The number of nitrogens with two attached hydrogens (primary N) is 1. The van der Waals surface area contributed by atoms with Gasteiger partial charge in [-0.2, -0.15) is 0 Å². The van der Waals surface area contributed by atoms with Gasteiger partial charge in [0.15, 0.2) is 0 Å². The van der Waals surface area contributed by atoms with Crippen LogP contribution in [0.4, 0.5) is 0 Å². The van der Waals surface area contributed by atoms with E-state index in [-0.39, 0.29) is 0 Å². The van der Waals surface area contributed by atoms with Gasteiger partial charge in [0.2, 0.25) is 5.96 Å². The Morgan fingerprint density at radius 1 is 1.53 bits per heavy atom. The molecule has 0 aromatic rings. The number of rotatable bonds is 1. The zero-order valence-electron chi connectivity index (χ0n) is 10.4. The monoisotopic (exact) mass is 212 g/mol. The van der Waals surface area contributed by atoms with E-state index in [1.807, 2.05) is 6.92 Å². The molecule has 1 rings (SSSR count). The lowest BCUT2D eigenvalue weighted by atomic mass is 9.80. The van der Waals surface area contributed by atoms with Crippen molar-refractivity contribution in [3.63, 3.8) is 0 Å². The smallest absolute Gasteiger partial charge is 0.208 e. The molecule has 3 N–H and O–H groups in total. The number of hydrazine groups is 1. The maximum absolute atomic E-state index is 5.47. The summed E-state index contributed by atoms with van der Waals surface area (Å²) < 4.78 is 0. The maximum Gasteiger partial charge on any atom is 0.208 e. The molecule has 0 saturated carbocycles. The van der Waals surface area contributed by atoms with E-state index in [9.17, 15) is 0 Å². The van der Waals surface area contributed by atoms with Crippen LogP contribution in [0.5, 0.6) is 0 Å². The zero-order chi connectivity index (χ0) is 11.5. The minimum absolute atomic E-state index is 0.376. The molecule has 88 valence electrons. The summed E-state index contributed by atoms with van der Waals surface area (Å²) in [6, 6.07) is 0. The van der Waals surface area contributed by atoms with Gasteiger partial charge in [0, 0.05) is 19.6 Å². The van der Waals surface area contributed by atoms with E-state index in [2.05, 4.69) is 36.1 Å². The molecule has 1 aliphatic rings. The van der Waals surface area contributed by atoms with Gasteiger partial charge in [-0.05, 0) is 24.7 Å². The summed E-state index contributed by atoms with van der Waals surface area (Å²) in [4.78, 5) is 6.60. The summed E-state index contributed by atoms with van der Waals surface area (Å²) in [5.74, 6) is 7.04. The first-order valence-corrected chi connectivity index (χ1v) is 5.75. The van der Waals surface area contributed by atoms with Gasteiger partial charge in [-0.3, -0.25) is 10.4 Å². The van der Waals surface area contributed by atoms with E-state index in [0.717, 1.165) is 31.5 Å². The summed E-state index contributed by atoms with van der Waals surface area (Å²) in [6.45, 7) is 11.8. The maximum atomic E-state index is 5.47. The number of hydrogen-bond donors (Lipinski definition) is 2. The van der Waals surface area contributed by atoms with Gasteiger partial charge in [-0.15, -0.1) is 0 Å². The predicted octanol–water partition coefficient (Wildman–Crippen LogP) is 1.19. The van der Waals surface area contributed by atoms with Crippen molar-refractivity contribution in [2.45, 2.75) is 34.1 Å². The fraction of sp³-hybridized carbons (Fsp3) is 0.909. The second-order valence-electron chi connectivity index (χ2n) is 5.24. The van der Waals surface area contributed by atoms with E-state index in [1.165, 1.54) is 6.42 Å². The Morgan fingerprint density at radius 2 is 2.20 bits per heavy atom. The summed E-state index contributed by atoms with van der Waals surface area (Å²) in [5, 5.41) is 0. The number of hydrogen-bond acceptors (Lipinski definition) is 2. The lowest BCUT2D eigenvalue weighted by Crippen LogP contribution is -2.44. The summed E-state index contributed by atoms with van der Waals surface area (Å²) in [5.41, 5.74) is 3.07. The van der Waals surface area contributed by atoms with Gasteiger partial charge >= 0.3 is 0 Å². The van der Waals surface area contributed by atoms with Crippen molar-refractivity contribution in [2.75, 3.05) is 19.6 Å². The highest BCUT2D eigenvalue weighted by Crippen LogP contribution is 2.33. The van der Waals surface area contributed by atoms with Crippen molar-refractivity contribution in [3.8, 4) is 0 Å². The average molecular weight is 212 g/mol. The van der Waals surface area contributed by atoms with Crippen LogP contribution >= 0.6 is 0 Å². The van der Waals surface area contributed by atoms with E-state index in [4.69, 9.17) is 5.84 Å². The molecule has 4 nitrogen and oxygen atoms in total. The first-order valence-electron chi connectivity index (χ1n) is 5.75. The van der Waals surface area contributed by atoms with Gasteiger partial charge in [-0.25, -0.2) is 5.84 Å². The highest BCUT2D eigenvalue weighted by molar-refractivity contribution is 5.79. The van der Waals surface area contributed by atoms with Crippen molar-refractivity contribution >= 4 is 5.96 Å². The molecule has 0 radical (unpaired) electrons. The van der Waals surface area contributed by atoms with Crippen LogP contribution in [-0.4, -0.2) is 30.5 Å². The van der Waals surface area contributed by atoms with Crippen LogP contribution in [0.2, 0.25) is 0 Å². The van der Waals surface area contributed by atoms with E-state index in [1.54, 1.807) is 0 Å². The first kappa shape index (κ1) is 12.3. The number of nitrogens with zero attached hydrogens (tertiary/aromatic N) is 2. The van der Waals surface area contributed by atoms with Crippen LogP contribution in [-0.2, 0) is 0 Å². The largest absolute Gasteiger partial charge is 0.342 e. The Bertz CT molecular complexity index is 229. The Labute approximate surface area is 92.9 Å². The quantitative estimate of drug-likeness (QED) is 0.297. The van der Waals surface area contributed by atoms with E-state index < -0.39 is 0 Å². The minimum atomic E-state index is 0.376. The molecular weight excluding hydrogens is 188 g/mol. The number of guanidine groups is 1. The van der Waals surface area contributed by atoms with Crippen molar-refractivity contribution in [1.82, 2.24) is 10.3 Å². The van der Waals surface area contributed by atoms with Crippen molar-refractivity contribution in [1.29, 1.82) is 0 Å². The molecule has 1 unspecified atom stereocenters. The second-order valence-corrected chi connectivity index (χ2v) is 5.24. The van der Waals surface area contributed by atoms with Crippen LogP contribution < -0.4 is 11.3 Å². The van der Waals surface area contributed by atoms with Gasteiger partial charge in [-0.1, -0.05) is 20.8 Å². The minimum Gasteiger partial charge on any atom is -0.342 e. The Kier molecular flexibility index (Phi) is 3.97. The molecule has 0 aliphatic carbocycles. The van der Waals surface area contributed by atoms with Crippen LogP contribution in [0.1, 0.15) is 34.1 Å². The third-order valence-electron chi connectivity index (χ3n) is 3.15. The van der Waals surface area contributed by atoms with Crippen molar-refractivity contribution < 1.29 is 0 Å². The number of likely N-dealkylation sites (tertiary alicyclic amines) is 1. The molecule has 1 saturated heterocycles. The second kappa shape index (κ2) is 4.84. The SMILES string of the molecule is CCN=C(NN)N1CCC(C(C)(C)C)C1. The Morgan fingerprint density at radius 3 is 2.60 bits per heavy atom. The van der Waals surface area contributed by atoms with E-state index >= 15 is 0 Å². The number of nitrogens with one attached hydrogen (secondary N) is 1. The van der Waals surface area contributed by atoms with Crippen LogP contribution in [0.25, 0.3) is 0 Å². The Hall–Kier alpha value is -0.770. The zero-order valence-corrected chi connectivity index (χ0v) is 10.4. The lowest BCUT2D eigenvalue weighted by molar-refractivity contribution is 0.249. The van der Waals surface area contributed by atoms with Gasteiger partial charge in [0.1, 0.15) is 0 Å². The molecule has 1 aliphatic heterocycles. The fourth-order valence-corrected chi connectivity index (χ4v) is 2.05. The average Bonchev–Trinajstić information content (AvgIpc) is 2.62. The van der Waals surface area contributed by atoms with Crippen LogP contribution in [0.3, 0.4) is 0 Å². The summed E-state index contributed by atoms with van der Waals surface area (Å²) in [6.07, 6.45) is 1.23. The normalized spacial score (nSPS) is 23.4. The predicted molar refractivity (Wildman–Crippen MR) is 64.4 cm³/mol. The molecule has 0 aromatic carbocycles.